The summed E-state index contributed by atoms with van der Waals surface area (Å²) in [6.45, 7) is 1.85. The monoisotopic (exact) mass is 326 g/mol. The maximum Gasteiger partial charge on any atom is 0.211 e. The van der Waals surface area contributed by atoms with Gasteiger partial charge in [-0.3, -0.25) is 4.90 Å². The van der Waals surface area contributed by atoms with Crippen LogP contribution in [0.2, 0.25) is 0 Å². The topological polar surface area (TPSA) is 78.1 Å². The first-order valence-corrected chi connectivity index (χ1v) is 9.97. The molecule has 1 aromatic heterocycles. The van der Waals surface area contributed by atoms with Crippen molar-refractivity contribution in [1.29, 1.82) is 0 Å². The van der Waals surface area contributed by atoms with Crippen molar-refractivity contribution in [2.45, 2.75) is 51.0 Å². The largest absolute Gasteiger partial charge is 0.344 e. The molecule has 0 aromatic carbocycles. The zero-order valence-corrected chi connectivity index (χ0v) is 14.1. The fraction of sp³-hybridized carbons (Fsp3) is 0.800. The molecule has 7 heteroatoms. The molecule has 1 aliphatic carbocycles. The molecule has 0 saturated carbocycles. The van der Waals surface area contributed by atoms with Gasteiger partial charge < -0.3 is 4.98 Å². The fourth-order valence-electron chi connectivity index (χ4n) is 3.60. The molecule has 6 nitrogen and oxygen atoms in total. The predicted octanol–water partition coefficient (Wildman–Crippen LogP) is 1.36. The van der Waals surface area contributed by atoms with E-state index in [1.54, 1.807) is 0 Å². The van der Waals surface area contributed by atoms with Crippen molar-refractivity contribution in [3.8, 4) is 0 Å². The summed E-state index contributed by atoms with van der Waals surface area (Å²) in [4.78, 5) is 10.8. The van der Waals surface area contributed by atoms with Crippen molar-refractivity contribution in [2.24, 2.45) is 0 Å². The predicted molar refractivity (Wildman–Crippen MR) is 86.2 cm³/mol. The Labute approximate surface area is 132 Å². The maximum absolute atomic E-state index is 11.5. The van der Waals surface area contributed by atoms with Crippen LogP contribution in [-0.4, -0.2) is 49.2 Å². The Morgan fingerprint density at radius 3 is 2.91 bits per heavy atom. The number of H-pyrrole nitrogens is 1. The van der Waals surface area contributed by atoms with Gasteiger partial charge in [-0.05, 0) is 65.1 Å². The zero-order valence-electron chi connectivity index (χ0n) is 13.3. The second-order valence-electron chi connectivity index (χ2n) is 6.32. The molecular formula is C15H26N4O2S. The second-order valence-corrected chi connectivity index (χ2v) is 8.37. The molecule has 0 spiro atoms. The van der Waals surface area contributed by atoms with Gasteiger partial charge in [0.1, 0.15) is 5.82 Å². The van der Waals surface area contributed by atoms with Crippen LogP contribution in [0.5, 0.6) is 0 Å². The molecule has 2 aliphatic rings. The van der Waals surface area contributed by atoms with E-state index in [-0.39, 0.29) is 5.75 Å². The highest BCUT2D eigenvalue weighted by Crippen LogP contribution is 2.32. The number of imidazole rings is 1. The van der Waals surface area contributed by atoms with Crippen molar-refractivity contribution >= 4 is 10.0 Å². The number of fused-ring (bicyclic) bond motifs is 1. The summed E-state index contributed by atoms with van der Waals surface area (Å²) in [6.07, 6.45) is 7.66. The molecule has 1 saturated heterocycles. The first-order chi connectivity index (χ1) is 10.6. The molecule has 1 aromatic rings. The molecular weight excluding hydrogens is 300 g/mol. The van der Waals surface area contributed by atoms with E-state index in [4.69, 9.17) is 4.98 Å². The normalized spacial score (nSPS) is 22.9. The molecule has 2 heterocycles. The van der Waals surface area contributed by atoms with Crippen LogP contribution in [0.3, 0.4) is 0 Å². The van der Waals surface area contributed by atoms with Crippen LogP contribution in [0.1, 0.15) is 55.4 Å². The van der Waals surface area contributed by atoms with E-state index >= 15 is 0 Å². The molecule has 3 rings (SSSR count). The van der Waals surface area contributed by atoms with E-state index in [2.05, 4.69) is 14.6 Å². The van der Waals surface area contributed by atoms with Crippen LogP contribution >= 0.6 is 0 Å². The summed E-state index contributed by atoms with van der Waals surface area (Å²) in [5, 5.41) is 0. The smallest absolute Gasteiger partial charge is 0.211 e. The molecule has 0 unspecified atom stereocenters. The number of hydrogen-bond donors (Lipinski definition) is 2. The van der Waals surface area contributed by atoms with Gasteiger partial charge in [0.15, 0.2) is 0 Å². The van der Waals surface area contributed by atoms with E-state index in [0.717, 1.165) is 44.6 Å². The number of nitrogens with one attached hydrogen (secondary N) is 2. The number of aromatic nitrogens is 2. The Balaban J connectivity index is 1.62. The van der Waals surface area contributed by atoms with Crippen molar-refractivity contribution in [1.82, 2.24) is 19.6 Å². The number of likely N-dealkylation sites (tertiary alicyclic amines) is 1. The standard InChI is InChI=1S/C15H26N4O2S/c1-16-22(20,21)11-5-10-19-9-4-8-14(19)15-17-12-6-2-3-7-13(12)18-15/h14,16H,2-11H2,1H3,(H,17,18)/t14-/m0/s1. The number of nitrogens with zero attached hydrogens (tertiary/aromatic N) is 2. The summed E-state index contributed by atoms with van der Waals surface area (Å²) in [5.41, 5.74) is 2.58. The Morgan fingerprint density at radius 1 is 1.32 bits per heavy atom. The minimum Gasteiger partial charge on any atom is -0.344 e. The zero-order chi connectivity index (χ0) is 15.6. The number of aryl methyl sites for hydroxylation is 2. The number of hydrogen-bond acceptors (Lipinski definition) is 4. The summed E-state index contributed by atoms with van der Waals surface area (Å²) in [6, 6.07) is 0.336. The van der Waals surface area contributed by atoms with Crippen LogP contribution in [-0.2, 0) is 22.9 Å². The van der Waals surface area contributed by atoms with Crippen LogP contribution in [0.25, 0.3) is 0 Å². The molecule has 1 aliphatic heterocycles. The third-order valence-electron chi connectivity index (χ3n) is 4.82. The molecule has 124 valence electrons. The van der Waals surface area contributed by atoms with Crippen LogP contribution in [0, 0.1) is 0 Å². The van der Waals surface area contributed by atoms with E-state index < -0.39 is 10.0 Å². The molecule has 0 bridgehead atoms. The van der Waals surface area contributed by atoms with Gasteiger partial charge in [0.2, 0.25) is 10.0 Å². The lowest BCUT2D eigenvalue weighted by Gasteiger charge is -2.22. The second kappa shape index (κ2) is 6.68. The van der Waals surface area contributed by atoms with Gasteiger partial charge >= 0.3 is 0 Å². The lowest BCUT2D eigenvalue weighted by Crippen LogP contribution is -2.29. The molecule has 1 atom stereocenters. The van der Waals surface area contributed by atoms with Gasteiger partial charge in [-0.15, -0.1) is 0 Å². The molecule has 0 amide bonds. The molecule has 0 radical (unpaired) electrons. The van der Waals surface area contributed by atoms with E-state index in [0.29, 0.717) is 12.5 Å². The Morgan fingerprint density at radius 2 is 2.14 bits per heavy atom. The van der Waals surface area contributed by atoms with Crippen LogP contribution < -0.4 is 4.72 Å². The van der Waals surface area contributed by atoms with Crippen molar-refractivity contribution in [3.05, 3.63) is 17.2 Å². The highest BCUT2D eigenvalue weighted by atomic mass is 32.2. The Hall–Kier alpha value is -0.920. The van der Waals surface area contributed by atoms with Crippen molar-refractivity contribution < 1.29 is 8.42 Å². The highest BCUT2D eigenvalue weighted by Gasteiger charge is 2.29. The fourth-order valence-corrected chi connectivity index (χ4v) is 4.31. The number of aromatic amines is 1. The van der Waals surface area contributed by atoms with Crippen molar-refractivity contribution in [2.75, 3.05) is 25.9 Å². The molecule has 1 fully saturated rings. The first-order valence-electron chi connectivity index (χ1n) is 8.32. The minimum absolute atomic E-state index is 0.196. The van der Waals surface area contributed by atoms with E-state index in [9.17, 15) is 8.42 Å². The summed E-state index contributed by atoms with van der Waals surface area (Å²) in [7, 11) is -1.62. The Kier molecular flexibility index (Phi) is 4.84. The molecule has 22 heavy (non-hydrogen) atoms. The lowest BCUT2D eigenvalue weighted by atomic mass is 10.0. The number of rotatable bonds is 6. The van der Waals surface area contributed by atoms with Gasteiger partial charge in [-0.2, -0.15) is 0 Å². The Bertz CT molecular complexity index is 588. The SMILES string of the molecule is CNS(=O)(=O)CCCN1CCC[C@H]1c1nc2c([nH]1)CCCC2. The average molecular weight is 326 g/mol. The van der Waals surface area contributed by atoms with Crippen LogP contribution in [0.4, 0.5) is 0 Å². The minimum atomic E-state index is -3.10. The lowest BCUT2D eigenvalue weighted by molar-refractivity contribution is 0.250. The van der Waals surface area contributed by atoms with E-state index in [1.165, 1.54) is 31.3 Å². The molecule has 2 N–H and O–H groups in total. The van der Waals surface area contributed by atoms with Gasteiger partial charge in [0.05, 0.1) is 17.5 Å². The summed E-state index contributed by atoms with van der Waals surface area (Å²) >= 11 is 0. The van der Waals surface area contributed by atoms with Gasteiger partial charge in [0, 0.05) is 5.69 Å². The average Bonchev–Trinajstić information content (AvgIpc) is 3.12. The van der Waals surface area contributed by atoms with Gasteiger partial charge in [-0.25, -0.2) is 18.1 Å². The quantitative estimate of drug-likeness (QED) is 0.827. The van der Waals surface area contributed by atoms with Crippen molar-refractivity contribution in [3.63, 3.8) is 0 Å². The van der Waals surface area contributed by atoms with E-state index in [1.807, 2.05) is 0 Å². The maximum atomic E-state index is 11.5. The van der Waals surface area contributed by atoms with Crippen LogP contribution in [0.15, 0.2) is 0 Å². The highest BCUT2D eigenvalue weighted by molar-refractivity contribution is 7.89. The van der Waals surface area contributed by atoms with Gasteiger partial charge in [0.25, 0.3) is 0 Å². The summed E-state index contributed by atoms with van der Waals surface area (Å²) < 4.78 is 25.4. The third-order valence-corrected chi connectivity index (χ3v) is 6.27. The number of sulfonamides is 1. The third kappa shape index (κ3) is 3.52. The van der Waals surface area contributed by atoms with Gasteiger partial charge in [-0.1, -0.05) is 0 Å². The first kappa shape index (κ1) is 16.0. The summed E-state index contributed by atoms with van der Waals surface area (Å²) in [5.74, 6) is 1.29.